The van der Waals surface area contributed by atoms with Crippen molar-refractivity contribution in [1.29, 1.82) is 0 Å². The van der Waals surface area contributed by atoms with E-state index in [1.54, 1.807) is 31.4 Å². The molecule has 0 unspecified atom stereocenters. The minimum absolute atomic E-state index is 0.152. The van der Waals surface area contributed by atoms with Crippen LogP contribution >= 0.6 is 11.3 Å². The highest BCUT2D eigenvalue weighted by molar-refractivity contribution is 7.16. The van der Waals surface area contributed by atoms with Crippen molar-refractivity contribution in [3.63, 3.8) is 0 Å². The van der Waals surface area contributed by atoms with Gasteiger partial charge in [0.05, 0.1) is 18.7 Å². The Bertz CT molecular complexity index is 841. The van der Waals surface area contributed by atoms with Gasteiger partial charge in [-0.3, -0.25) is 14.9 Å². The number of carbonyl (C=O) groups excluding carboxylic acids is 2. The third kappa shape index (κ3) is 3.69. The summed E-state index contributed by atoms with van der Waals surface area (Å²) < 4.78 is 5.11. The number of fused-ring (bicyclic) bond motifs is 1. The third-order valence-electron chi connectivity index (χ3n) is 5.26. The fourth-order valence-corrected chi connectivity index (χ4v) is 4.80. The second-order valence-corrected chi connectivity index (χ2v) is 8.07. The van der Waals surface area contributed by atoms with Crippen molar-refractivity contribution in [3.8, 4) is 5.75 Å². The molecule has 1 aromatic heterocycles. The zero-order valence-electron chi connectivity index (χ0n) is 15.4. The zero-order chi connectivity index (χ0) is 18.8. The average Bonchev–Trinajstić information content (AvgIpc) is 3.28. The van der Waals surface area contributed by atoms with Gasteiger partial charge in [0.15, 0.2) is 5.13 Å². The van der Waals surface area contributed by atoms with Crippen molar-refractivity contribution in [3.05, 3.63) is 40.4 Å². The molecule has 1 aliphatic carbocycles. The molecule has 6 nitrogen and oxygen atoms in total. The van der Waals surface area contributed by atoms with Gasteiger partial charge in [0.25, 0.3) is 5.91 Å². The lowest BCUT2D eigenvalue weighted by atomic mass is 10.0. The van der Waals surface area contributed by atoms with E-state index in [1.165, 1.54) is 17.8 Å². The van der Waals surface area contributed by atoms with Crippen LogP contribution in [0.3, 0.4) is 0 Å². The summed E-state index contributed by atoms with van der Waals surface area (Å²) in [6.07, 6.45) is 5.07. The van der Waals surface area contributed by atoms with Crippen LogP contribution in [0.1, 0.15) is 52.5 Å². The minimum atomic E-state index is -0.205. The number of methoxy groups -OCH3 is 1. The van der Waals surface area contributed by atoms with E-state index in [0.717, 1.165) is 49.3 Å². The maximum atomic E-state index is 12.9. The molecule has 0 bridgehead atoms. The van der Waals surface area contributed by atoms with Crippen molar-refractivity contribution in [2.75, 3.05) is 25.5 Å². The van der Waals surface area contributed by atoms with Crippen molar-refractivity contribution in [2.45, 2.75) is 38.0 Å². The normalized spacial score (nSPS) is 18.9. The molecule has 1 aromatic carbocycles. The molecule has 142 valence electrons. The van der Waals surface area contributed by atoms with Crippen LogP contribution in [-0.4, -0.2) is 41.9 Å². The van der Waals surface area contributed by atoms with Crippen LogP contribution in [0.25, 0.3) is 0 Å². The Morgan fingerprint density at radius 2 is 1.93 bits per heavy atom. The quantitative estimate of drug-likeness (QED) is 0.875. The first kappa shape index (κ1) is 18.0. The van der Waals surface area contributed by atoms with E-state index in [1.807, 2.05) is 4.90 Å². The lowest BCUT2D eigenvalue weighted by molar-refractivity contribution is -0.133. The van der Waals surface area contributed by atoms with Crippen LogP contribution < -0.4 is 10.1 Å². The number of nitrogens with one attached hydrogen (secondary N) is 1. The first-order chi connectivity index (χ1) is 13.2. The number of anilines is 1. The second kappa shape index (κ2) is 7.68. The Balaban J connectivity index is 1.45. The molecule has 1 aliphatic heterocycles. The molecular weight excluding hydrogens is 362 g/mol. The number of rotatable bonds is 4. The number of piperidine rings is 1. The summed E-state index contributed by atoms with van der Waals surface area (Å²) in [5.74, 6) is 0.551. The monoisotopic (exact) mass is 385 g/mol. The molecule has 1 atom stereocenters. The highest BCUT2D eigenvalue weighted by Gasteiger charge is 2.35. The van der Waals surface area contributed by atoms with E-state index >= 15 is 0 Å². The van der Waals surface area contributed by atoms with Gasteiger partial charge in [0, 0.05) is 23.5 Å². The topological polar surface area (TPSA) is 71.5 Å². The van der Waals surface area contributed by atoms with E-state index in [0.29, 0.717) is 16.4 Å². The van der Waals surface area contributed by atoms with Crippen molar-refractivity contribution < 1.29 is 14.3 Å². The number of hydrogen-bond donors (Lipinski definition) is 1. The standard InChI is InChI=1S/C20H23N3O3S/c1-26-14-7-5-13(6-8-14)18(24)22-20-21-17-15(9-10-16(17)27-20)19(25)23-11-3-2-4-12-23/h5-8,15H,2-4,9-12H2,1H3,(H,21,22,24)/t15-/m1/s1. The molecule has 2 heterocycles. The molecule has 0 saturated carbocycles. The van der Waals surface area contributed by atoms with E-state index in [-0.39, 0.29) is 17.7 Å². The summed E-state index contributed by atoms with van der Waals surface area (Å²) in [6.45, 7) is 1.71. The molecule has 0 spiro atoms. The summed E-state index contributed by atoms with van der Waals surface area (Å²) in [5, 5.41) is 3.43. The largest absolute Gasteiger partial charge is 0.497 e. The summed E-state index contributed by atoms with van der Waals surface area (Å²) in [4.78, 5) is 33.0. The highest BCUT2D eigenvalue weighted by Crippen LogP contribution is 2.39. The molecule has 4 rings (SSSR count). The number of amides is 2. The number of carbonyl (C=O) groups is 2. The fraction of sp³-hybridized carbons (Fsp3) is 0.450. The smallest absolute Gasteiger partial charge is 0.257 e. The number of ether oxygens (including phenoxy) is 1. The number of benzene rings is 1. The van der Waals surface area contributed by atoms with Crippen LogP contribution in [0.15, 0.2) is 24.3 Å². The molecule has 2 aliphatic rings. The molecule has 1 fully saturated rings. The summed E-state index contributed by atoms with van der Waals surface area (Å²) in [6, 6.07) is 6.95. The molecule has 1 saturated heterocycles. The average molecular weight is 385 g/mol. The Hall–Kier alpha value is -2.41. The molecule has 7 heteroatoms. The van der Waals surface area contributed by atoms with Gasteiger partial charge >= 0.3 is 0 Å². The van der Waals surface area contributed by atoms with E-state index in [9.17, 15) is 9.59 Å². The molecular formula is C20H23N3O3S. The number of thiazole rings is 1. The molecule has 0 radical (unpaired) electrons. The fourth-order valence-electron chi connectivity index (χ4n) is 3.77. The van der Waals surface area contributed by atoms with E-state index in [2.05, 4.69) is 10.3 Å². The minimum Gasteiger partial charge on any atom is -0.497 e. The highest BCUT2D eigenvalue weighted by atomic mass is 32.1. The Morgan fingerprint density at radius 3 is 2.63 bits per heavy atom. The van der Waals surface area contributed by atoms with Gasteiger partial charge < -0.3 is 9.64 Å². The summed E-state index contributed by atoms with van der Waals surface area (Å²) >= 11 is 1.48. The van der Waals surface area contributed by atoms with Crippen LogP contribution in [-0.2, 0) is 11.2 Å². The Labute approximate surface area is 162 Å². The van der Waals surface area contributed by atoms with Crippen LogP contribution in [0.5, 0.6) is 5.75 Å². The van der Waals surface area contributed by atoms with Gasteiger partial charge in [0.1, 0.15) is 5.75 Å². The van der Waals surface area contributed by atoms with Crippen LogP contribution in [0, 0.1) is 0 Å². The van der Waals surface area contributed by atoms with Crippen molar-refractivity contribution >= 4 is 28.3 Å². The van der Waals surface area contributed by atoms with Gasteiger partial charge in [0.2, 0.25) is 5.91 Å². The van der Waals surface area contributed by atoms with Gasteiger partial charge in [-0.25, -0.2) is 4.98 Å². The van der Waals surface area contributed by atoms with Crippen LogP contribution in [0.4, 0.5) is 5.13 Å². The van der Waals surface area contributed by atoms with Gasteiger partial charge in [-0.1, -0.05) is 0 Å². The lowest BCUT2D eigenvalue weighted by Crippen LogP contribution is -2.38. The molecule has 2 amide bonds. The Morgan fingerprint density at radius 1 is 1.19 bits per heavy atom. The van der Waals surface area contributed by atoms with E-state index < -0.39 is 0 Å². The van der Waals surface area contributed by atoms with Crippen molar-refractivity contribution in [2.24, 2.45) is 0 Å². The summed E-state index contributed by atoms with van der Waals surface area (Å²) in [5.41, 5.74) is 1.41. The Kier molecular flexibility index (Phi) is 5.11. The number of hydrogen-bond acceptors (Lipinski definition) is 5. The number of nitrogens with zero attached hydrogens (tertiary/aromatic N) is 2. The first-order valence-corrected chi connectivity index (χ1v) is 10.2. The maximum Gasteiger partial charge on any atom is 0.257 e. The predicted molar refractivity (Wildman–Crippen MR) is 105 cm³/mol. The SMILES string of the molecule is COc1ccc(C(=O)Nc2nc3c(s2)CC[C@H]3C(=O)N2CCCCC2)cc1. The predicted octanol–water partition coefficient (Wildman–Crippen LogP) is 3.45. The summed E-state index contributed by atoms with van der Waals surface area (Å²) in [7, 11) is 1.59. The second-order valence-electron chi connectivity index (χ2n) is 6.99. The third-order valence-corrected chi connectivity index (χ3v) is 6.30. The molecule has 1 N–H and O–H groups in total. The zero-order valence-corrected chi connectivity index (χ0v) is 16.2. The first-order valence-electron chi connectivity index (χ1n) is 9.39. The number of aromatic nitrogens is 1. The van der Waals surface area contributed by atoms with Crippen molar-refractivity contribution in [1.82, 2.24) is 9.88 Å². The molecule has 27 heavy (non-hydrogen) atoms. The number of likely N-dealkylation sites (tertiary alicyclic amines) is 1. The maximum absolute atomic E-state index is 12.9. The molecule has 2 aromatic rings. The van der Waals surface area contributed by atoms with Gasteiger partial charge in [-0.2, -0.15) is 0 Å². The van der Waals surface area contributed by atoms with Gasteiger partial charge in [-0.15, -0.1) is 11.3 Å². The van der Waals surface area contributed by atoms with E-state index in [4.69, 9.17) is 4.74 Å². The van der Waals surface area contributed by atoms with Crippen LogP contribution in [0.2, 0.25) is 0 Å². The lowest BCUT2D eigenvalue weighted by Gasteiger charge is -2.29. The number of aryl methyl sites for hydroxylation is 1. The van der Waals surface area contributed by atoms with Gasteiger partial charge in [-0.05, 0) is 56.4 Å².